The van der Waals surface area contributed by atoms with Crippen molar-refractivity contribution in [3.05, 3.63) is 434 Å². The molecule has 0 aliphatic carbocycles. The first kappa shape index (κ1) is 82.4. The lowest BCUT2D eigenvalue weighted by molar-refractivity contribution is 0.590. The third kappa shape index (κ3) is 14.0. The Kier molecular flexibility index (Phi) is 19.9. The van der Waals surface area contributed by atoms with Crippen LogP contribution in [0.15, 0.2) is 400 Å². The minimum atomic E-state index is -0.0956. The molecule has 0 unspecified atom stereocenters. The molecule has 22 aromatic rings. The van der Waals surface area contributed by atoms with E-state index in [-0.39, 0.29) is 21.7 Å². The molecule has 22 rings (SSSR count). The summed E-state index contributed by atoms with van der Waals surface area (Å²) in [6.07, 6.45) is 0. The molecule has 6 nitrogen and oxygen atoms in total. The molecular formula is C126H108N6. The number of benzene rings is 20. The zero-order valence-electron chi connectivity index (χ0n) is 77.8. The molecular weight excluding hydrogens is 1600 g/mol. The van der Waals surface area contributed by atoms with Gasteiger partial charge in [0.25, 0.3) is 0 Å². The van der Waals surface area contributed by atoms with E-state index in [1.165, 1.54) is 97.8 Å². The molecule has 0 N–H and O–H groups in total. The molecule has 6 heteroatoms. The molecule has 0 saturated carbocycles. The highest BCUT2D eigenvalue weighted by molar-refractivity contribution is 6.34. The van der Waals surface area contributed by atoms with Crippen LogP contribution in [0.2, 0.25) is 0 Å². The van der Waals surface area contributed by atoms with Gasteiger partial charge in [-0.15, -0.1) is 0 Å². The fraction of sp³-hybridized carbons (Fsp3) is 0.143. The second-order valence-corrected chi connectivity index (χ2v) is 40.2. The van der Waals surface area contributed by atoms with E-state index in [0.717, 1.165) is 135 Å². The van der Waals surface area contributed by atoms with Crippen LogP contribution >= 0.6 is 0 Å². The molecule has 0 saturated heterocycles. The van der Waals surface area contributed by atoms with Crippen molar-refractivity contribution >= 4 is 176 Å². The van der Waals surface area contributed by atoms with Gasteiger partial charge in [-0.1, -0.05) is 362 Å². The van der Waals surface area contributed by atoms with Gasteiger partial charge >= 0.3 is 0 Å². The van der Waals surface area contributed by atoms with Crippen LogP contribution in [0.3, 0.4) is 0 Å². The van der Waals surface area contributed by atoms with E-state index >= 15 is 0 Å². The largest absolute Gasteiger partial charge is 0.310 e. The van der Waals surface area contributed by atoms with E-state index in [9.17, 15) is 0 Å². The Balaban J connectivity index is 0.780. The highest BCUT2D eigenvalue weighted by Gasteiger charge is 2.33. The molecule has 0 aliphatic heterocycles. The Labute approximate surface area is 774 Å². The van der Waals surface area contributed by atoms with Crippen LogP contribution in [0, 0.1) is 13.8 Å². The zero-order chi connectivity index (χ0) is 90.4. The van der Waals surface area contributed by atoms with Crippen LogP contribution in [-0.4, -0.2) is 9.13 Å². The van der Waals surface area contributed by atoms with E-state index in [4.69, 9.17) is 0 Å². The summed E-state index contributed by atoms with van der Waals surface area (Å²) in [6.45, 7) is 32.2. The Morgan fingerprint density at radius 3 is 0.848 bits per heavy atom. The summed E-state index contributed by atoms with van der Waals surface area (Å²) in [4.78, 5) is 10.1. The maximum absolute atomic E-state index is 2.60. The molecule has 2 aromatic heterocycles. The van der Waals surface area contributed by atoms with Crippen LogP contribution in [-0.2, 0) is 21.7 Å². The molecule has 0 fully saturated rings. The van der Waals surface area contributed by atoms with Crippen LogP contribution in [0.4, 0.5) is 68.2 Å². The van der Waals surface area contributed by atoms with E-state index in [1.54, 1.807) is 0 Å². The van der Waals surface area contributed by atoms with Crippen molar-refractivity contribution in [1.82, 2.24) is 9.13 Å². The van der Waals surface area contributed by atoms with Crippen LogP contribution in [0.5, 0.6) is 0 Å². The number of hydrogen-bond donors (Lipinski definition) is 0. The van der Waals surface area contributed by atoms with Gasteiger partial charge < -0.3 is 28.7 Å². The highest BCUT2D eigenvalue weighted by atomic mass is 15.2. The average molecular weight is 1710 g/mol. The van der Waals surface area contributed by atoms with Gasteiger partial charge in [0.1, 0.15) is 0 Å². The fourth-order valence-electron chi connectivity index (χ4n) is 20.9. The van der Waals surface area contributed by atoms with Crippen LogP contribution < -0.4 is 19.6 Å². The number of fused-ring (bicyclic) bond motifs is 16. The molecule has 0 atom stereocenters. The standard InChI is InChI=1S/C126H108N6/c1-81-36-18-31-56-107(81)129(93-72-64-88(65-73-93)125(9,10)11)113-79-117-121(105-53-29-25-49-101(105)113)122-106-54-30-26-50-102(106)114(80-118(122)132(117)110-59-34-40-84-38-20-22-46-98(84)110)130(94-74-66-89(67-75-94)126(12,13)14)108-57-35-55-96(82(108)2)85-41-32-44-95(76-85)128(92-70-62-87(63-71-92)124(6,7)8)112-78-116-120(104-52-28-24-48-100(104)112)119-103-51-27-23-47-99(103)111(77-115(119)131(116)109-58-33-39-83-37-19-21-45-97(83)109)127(90-42-16-15-17-43-90)91-68-60-86(61-69-91)123(3,4)5/h15-80H,1-14H3. The average Bonchev–Trinajstić information content (AvgIpc) is 1.54. The first-order valence-electron chi connectivity index (χ1n) is 46.6. The van der Waals surface area contributed by atoms with E-state index in [2.05, 4.69) is 526 Å². The van der Waals surface area contributed by atoms with Gasteiger partial charge in [-0.25, -0.2) is 0 Å². The normalized spacial score (nSPS) is 12.3. The number of hydrogen-bond acceptors (Lipinski definition) is 4. The Morgan fingerprint density at radius 1 is 0.197 bits per heavy atom. The summed E-state index contributed by atoms with van der Waals surface area (Å²) in [5, 5.41) is 18.8. The summed E-state index contributed by atoms with van der Waals surface area (Å²) < 4.78 is 5.20. The van der Waals surface area contributed by atoms with E-state index in [1.807, 2.05) is 0 Å². The third-order valence-corrected chi connectivity index (χ3v) is 27.7. The van der Waals surface area contributed by atoms with Crippen molar-refractivity contribution in [2.45, 2.75) is 119 Å². The Hall–Kier alpha value is -15.2. The van der Waals surface area contributed by atoms with E-state index < -0.39 is 0 Å². The predicted molar refractivity (Wildman–Crippen MR) is 569 cm³/mol. The molecule has 0 bridgehead atoms. The lowest BCUT2D eigenvalue weighted by Crippen LogP contribution is -2.15. The highest BCUT2D eigenvalue weighted by Crippen LogP contribution is 2.56. The molecule has 0 aliphatic rings. The number of nitrogens with zero attached hydrogens (tertiary/aromatic N) is 6. The van der Waals surface area contributed by atoms with Crippen LogP contribution in [0.1, 0.15) is 116 Å². The smallest absolute Gasteiger partial charge is 0.0568 e. The van der Waals surface area contributed by atoms with Gasteiger partial charge in [0.2, 0.25) is 0 Å². The molecule has 132 heavy (non-hydrogen) atoms. The lowest BCUT2D eigenvalue weighted by atomic mass is 9.87. The third-order valence-electron chi connectivity index (χ3n) is 27.7. The maximum Gasteiger partial charge on any atom is 0.0568 e. The van der Waals surface area contributed by atoms with Crippen LogP contribution in [0.25, 0.3) is 131 Å². The van der Waals surface area contributed by atoms with Crippen molar-refractivity contribution < 1.29 is 0 Å². The first-order valence-corrected chi connectivity index (χ1v) is 46.6. The zero-order valence-corrected chi connectivity index (χ0v) is 77.8. The second-order valence-electron chi connectivity index (χ2n) is 40.2. The minimum absolute atomic E-state index is 0.0232. The van der Waals surface area contributed by atoms with Gasteiger partial charge in [-0.05, 0) is 234 Å². The summed E-state index contributed by atoms with van der Waals surface area (Å²) in [6, 6.07) is 152. The Morgan fingerprint density at radius 2 is 0.470 bits per heavy atom. The monoisotopic (exact) mass is 1700 g/mol. The Bertz CT molecular complexity index is 8300. The predicted octanol–water partition coefficient (Wildman–Crippen LogP) is 36.2. The van der Waals surface area contributed by atoms with Gasteiger partial charge in [-0.2, -0.15) is 0 Å². The quantitative estimate of drug-likeness (QED) is 0.102. The number of para-hydroxylation sites is 2. The minimum Gasteiger partial charge on any atom is -0.310 e. The first-order chi connectivity index (χ1) is 63.9. The van der Waals surface area contributed by atoms with Gasteiger partial charge in [0.15, 0.2) is 0 Å². The van der Waals surface area contributed by atoms with E-state index in [0.29, 0.717) is 0 Å². The molecule has 0 radical (unpaired) electrons. The lowest BCUT2D eigenvalue weighted by Gasteiger charge is -2.31. The summed E-state index contributed by atoms with van der Waals surface area (Å²) in [5.74, 6) is 0. The number of anilines is 12. The van der Waals surface area contributed by atoms with Gasteiger partial charge in [0.05, 0.1) is 56.2 Å². The molecule has 2 heterocycles. The van der Waals surface area contributed by atoms with Crippen molar-refractivity contribution in [1.29, 1.82) is 0 Å². The topological polar surface area (TPSA) is 22.8 Å². The van der Waals surface area contributed by atoms with Crippen molar-refractivity contribution in [2.24, 2.45) is 0 Å². The fourth-order valence-corrected chi connectivity index (χ4v) is 20.9. The molecule has 642 valence electrons. The summed E-state index contributed by atoms with van der Waals surface area (Å²) in [7, 11) is 0. The molecule has 0 spiro atoms. The molecule has 20 aromatic carbocycles. The van der Waals surface area contributed by atoms with Gasteiger partial charge in [0, 0.05) is 99.4 Å². The number of aromatic nitrogens is 2. The SMILES string of the molecule is Cc1ccccc1N(c1ccc(C(C)(C)C)cc1)c1cc2c(c3ccccc13)c1c3ccccc3c(N(c3ccc(C(C)(C)C)cc3)c3cccc(-c4cccc(N(c5ccc(C(C)(C)C)cc5)c5cc6c(c7ccccc57)c5c7ccccc7c(N(c7ccccc7)c7ccc(C(C)(C)C)cc7)cc5n6-c5cccc6ccccc56)c4)c3C)cc1n2-c1cccc2ccccc12. The van der Waals surface area contributed by atoms with Crippen molar-refractivity contribution in [3.63, 3.8) is 0 Å². The number of aryl methyl sites for hydroxylation is 1. The summed E-state index contributed by atoms with van der Waals surface area (Å²) in [5.41, 5.74) is 29.0. The summed E-state index contributed by atoms with van der Waals surface area (Å²) >= 11 is 0. The number of rotatable bonds is 15. The van der Waals surface area contributed by atoms with Gasteiger partial charge in [-0.3, -0.25) is 0 Å². The second kappa shape index (κ2) is 31.9. The van der Waals surface area contributed by atoms with Crippen molar-refractivity contribution in [2.75, 3.05) is 19.6 Å². The van der Waals surface area contributed by atoms with Crippen molar-refractivity contribution in [3.8, 4) is 22.5 Å². The molecule has 0 amide bonds. The maximum atomic E-state index is 2.60.